The first kappa shape index (κ1) is 12.6. The molecule has 0 bridgehead atoms. The molecule has 3 aliphatic heterocycles. The van der Waals surface area contributed by atoms with Gasteiger partial charge in [0.1, 0.15) is 0 Å². The van der Waals surface area contributed by atoms with Gasteiger partial charge in [-0.2, -0.15) is 0 Å². The van der Waals surface area contributed by atoms with E-state index in [0.717, 1.165) is 38.9 Å². The molecule has 21 heavy (non-hydrogen) atoms. The zero-order valence-electron chi connectivity index (χ0n) is 12.2. The van der Waals surface area contributed by atoms with Crippen molar-refractivity contribution in [2.24, 2.45) is 0 Å². The summed E-state index contributed by atoms with van der Waals surface area (Å²) in [6.45, 7) is 3.16. The number of nitrogens with one attached hydrogen (secondary N) is 3. The van der Waals surface area contributed by atoms with E-state index in [9.17, 15) is 0 Å². The second-order valence-electron chi connectivity index (χ2n) is 5.80. The highest BCUT2D eigenvalue weighted by Crippen LogP contribution is 2.28. The predicted octanol–water partition coefficient (Wildman–Crippen LogP) is 2.69. The van der Waals surface area contributed by atoms with Gasteiger partial charge in [-0.3, -0.25) is 0 Å². The third kappa shape index (κ3) is 2.44. The second-order valence-corrected chi connectivity index (χ2v) is 5.80. The summed E-state index contributed by atoms with van der Waals surface area (Å²) in [5, 5.41) is 10.5. The Bertz CT molecular complexity index is 550. The third-order valence-corrected chi connectivity index (χ3v) is 4.29. The summed E-state index contributed by atoms with van der Waals surface area (Å²) < 4.78 is 0. The van der Waals surface area contributed by atoms with Crippen LogP contribution in [0.3, 0.4) is 0 Å². The highest BCUT2D eigenvalue weighted by Gasteiger charge is 2.15. The fourth-order valence-corrected chi connectivity index (χ4v) is 3.24. The summed E-state index contributed by atoms with van der Waals surface area (Å²) in [6, 6.07) is 6.90. The average Bonchev–Trinajstić information content (AvgIpc) is 3.29. The molecule has 0 fully saturated rings. The van der Waals surface area contributed by atoms with Gasteiger partial charge in [-0.1, -0.05) is 18.2 Å². The molecule has 0 spiro atoms. The first-order valence-corrected chi connectivity index (χ1v) is 7.88. The lowest BCUT2D eigenvalue weighted by molar-refractivity contribution is 0.922. The Morgan fingerprint density at radius 2 is 0.857 bits per heavy atom. The third-order valence-electron chi connectivity index (χ3n) is 4.29. The molecule has 1 aromatic carbocycles. The van der Waals surface area contributed by atoms with Crippen molar-refractivity contribution < 1.29 is 0 Å². The molecule has 0 unspecified atom stereocenters. The van der Waals surface area contributed by atoms with Crippen molar-refractivity contribution in [1.82, 2.24) is 16.0 Å². The minimum Gasteiger partial charge on any atom is -0.385 e. The first-order valence-electron chi connectivity index (χ1n) is 7.88. The summed E-state index contributed by atoms with van der Waals surface area (Å²) >= 11 is 0. The van der Waals surface area contributed by atoms with Crippen molar-refractivity contribution in [3.8, 4) is 0 Å². The smallest absolute Gasteiger partial charge is 0.0374 e. The number of hydrogen-bond donors (Lipinski definition) is 3. The summed E-state index contributed by atoms with van der Waals surface area (Å²) in [5.41, 5.74) is 7.71. The van der Waals surface area contributed by atoms with E-state index in [1.54, 1.807) is 0 Å². The highest BCUT2D eigenvalue weighted by molar-refractivity contribution is 5.78. The highest BCUT2D eigenvalue weighted by atomic mass is 14.9. The largest absolute Gasteiger partial charge is 0.385 e. The summed E-state index contributed by atoms with van der Waals surface area (Å²) in [4.78, 5) is 0. The quantitative estimate of drug-likeness (QED) is 0.796. The molecule has 0 aliphatic carbocycles. The van der Waals surface area contributed by atoms with Gasteiger partial charge in [0.05, 0.1) is 0 Å². The minimum atomic E-state index is 1.05. The lowest BCUT2D eigenvalue weighted by atomic mass is 10.00. The Morgan fingerprint density at radius 3 is 1.10 bits per heavy atom. The standard InChI is InChI=1S/C18H21N3/c1-4-16(19-7-1)13-10-14(17-5-2-8-20-17)12-15(11-13)18-6-3-9-21-18/h4-6,10-12,19-21H,1-3,7-9H2. The van der Waals surface area contributed by atoms with Crippen LogP contribution in [0.2, 0.25) is 0 Å². The van der Waals surface area contributed by atoms with Crippen molar-refractivity contribution >= 4 is 17.1 Å². The Hall–Kier alpha value is -2.16. The molecule has 0 aromatic heterocycles. The van der Waals surface area contributed by atoms with Crippen molar-refractivity contribution in [1.29, 1.82) is 0 Å². The van der Waals surface area contributed by atoms with Gasteiger partial charge in [0, 0.05) is 36.7 Å². The Kier molecular flexibility index (Phi) is 3.18. The summed E-state index contributed by atoms with van der Waals surface area (Å²) in [5.74, 6) is 0. The van der Waals surface area contributed by atoms with Gasteiger partial charge in [0.25, 0.3) is 0 Å². The van der Waals surface area contributed by atoms with E-state index in [2.05, 4.69) is 52.4 Å². The fraction of sp³-hybridized carbons (Fsp3) is 0.333. The molecule has 108 valence electrons. The van der Waals surface area contributed by atoms with Crippen LogP contribution < -0.4 is 16.0 Å². The average molecular weight is 279 g/mol. The SMILES string of the molecule is C1=C(c2cc(C3=CCCN3)cc(C3=CCCN3)c2)NCC1. The minimum absolute atomic E-state index is 1.05. The van der Waals surface area contributed by atoms with Crippen LogP contribution in [0.4, 0.5) is 0 Å². The Morgan fingerprint density at radius 1 is 0.524 bits per heavy atom. The monoisotopic (exact) mass is 279 g/mol. The van der Waals surface area contributed by atoms with Gasteiger partial charge in [0.15, 0.2) is 0 Å². The van der Waals surface area contributed by atoms with Crippen molar-refractivity contribution in [3.05, 3.63) is 53.1 Å². The number of hydrogen-bond acceptors (Lipinski definition) is 3. The fourth-order valence-electron chi connectivity index (χ4n) is 3.24. The molecule has 1 aromatic rings. The van der Waals surface area contributed by atoms with E-state index in [1.165, 1.54) is 33.8 Å². The van der Waals surface area contributed by atoms with Crippen LogP contribution in [0.1, 0.15) is 36.0 Å². The van der Waals surface area contributed by atoms with Crippen LogP contribution in [0.25, 0.3) is 17.1 Å². The molecule has 0 amide bonds. The van der Waals surface area contributed by atoms with Gasteiger partial charge in [-0.25, -0.2) is 0 Å². The Balaban J connectivity index is 1.79. The van der Waals surface area contributed by atoms with Crippen LogP contribution in [-0.4, -0.2) is 19.6 Å². The molecular weight excluding hydrogens is 258 g/mol. The second kappa shape index (κ2) is 5.32. The van der Waals surface area contributed by atoms with Gasteiger partial charge in [-0.05, 0) is 54.2 Å². The number of benzene rings is 1. The van der Waals surface area contributed by atoms with Crippen LogP contribution in [0.5, 0.6) is 0 Å². The van der Waals surface area contributed by atoms with E-state index in [1.807, 2.05) is 0 Å². The van der Waals surface area contributed by atoms with Crippen LogP contribution >= 0.6 is 0 Å². The summed E-state index contributed by atoms with van der Waals surface area (Å²) in [7, 11) is 0. The molecule has 0 saturated heterocycles. The predicted molar refractivity (Wildman–Crippen MR) is 88.2 cm³/mol. The number of rotatable bonds is 3. The van der Waals surface area contributed by atoms with E-state index < -0.39 is 0 Å². The molecule has 0 atom stereocenters. The molecule has 4 rings (SSSR count). The summed E-state index contributed by atoms with van der Waals surface area (Å²) in [6.07, 6.45) is 10.3. The van der Waals surface area contributed by atoms with E-state index in [4.69, 9.17) is 0 Å². The molecule has 3 aliphatic rings. The Labute approximate surface area is 125 Å². The molecule has 3 heteroatoms. The molecule has 3 N–H and O–H groups in total. The zero-order chi connectivity index (χ0) is 14.1. The maximum absolute atomic E-state index is 3.49. The molecule has 3 nitrogen and oxygen atoms in total. The van der Waals surface area contributed by atoms with E-state index in [-0.39, 0.29) is 0 Å². The van der Waals surface area contributed by atoms with Crippen molar-refractivity contribution in [2.45, 2.75) is 19.3 Å². The molecule has 3 heterocycles. The van der Waals surface area contributed by atoms with Gasteiger partial charge >= 0.3 is 0 Å². The molecule has 0 saturated carbocycles. The topological polar surface area (TPSA) is 36.1 Å². The van der Waals surface area contributed by atoms with Crippen LogP contribution in [0, 0.1) is 0 Å². The van der Waals surface area contributed by atoms with Gasteiger partial charge in [-0.15, -0.1) is 0 Å². The lowest BCUT2D eigenvalue weighted by Gasteiger charge is -2.14. The normalized spacial score (nSPS) is 20.3. The first-order chi connectivity index (χ1) is 10.4. The zero-order valence-corrected chi connectivity index (χ0v) is 12.2. The molecule has 0 radical (unpaired) electrons. The maximum Gasteiger partial charge on any atom is 0.0374 e. The van der Waals surface area contributed by atoms with Crippen LogP contribution in [0.15, 0.2) is 36.4 Å². The van der Waals surface area contributed by atoms with E-state index >= 15 is 0 Å². The molecular formula is C18H21N3. The van der Waals surface area contributed by atoms with Crippen LogP contribution in [-0.2, 0) is 0 Å². The van der Waals surface area contributed by atoms with Gasteiger partial charge in [0.2, 0.25) is 0 Å². The van der Waals surface area contributed by atoms with E-state index in [0.29, 0.717) is 0 Å². The van der Waals surface area contributed by atoms with Crippen molar-refractivity contribution in [3.63, 3.8) is 0 Å². The lowest BCUT2D eigenvalue weighted by Crippen LogP contribution is -2.11. The maximum atomic E-state index is 3.49. The van der Waals surface area contributed by atoms with Crippen molar-refractivity contribution in [2.75, 3.05) is 19.6 Å². The van der Waals surface area contributed by atoms with Gasteiger partial charge < -0.3 is 16.0 Å².